The van der Waals surface area contributed by atoms with Crippen LogP contribution in [-0.2, 0) is 14.4 Å². The lowest BCUT2D eigenvalue weighted by molar-refractivity contribution is -0.129. The van der Waals surface area contributed by atoms with Gasteiger partial charge >= 0.3 is 0 Å². The van der Waals surface area contributed by atoms with Crippen molar-refractivity contribution in [2.24, 2.45) is 5.92 Å². The van der Waals surface area contributed by atoms with E-state index in [1.54, 1.807) is 61.5 Å². The zero-order valence-electron chi connectivity index (χ0n) is 24.9. The molecule has 5 rings (SSSR count). The molecule has 0 radical (unpaired) electrons. The van der Waals surface area contributed by atoms with Crippen LogP contribution in [0.4, 0.5) is 17.1 Å². The normalized spacial score (nSPS) is 15.2. The summed E-state index contributed by atoms with van der Waals surface area (Å²) in [5.74, 6) is -2.17. The molecule has 0 saturated heterocycles. The molecule has 44 heavy (non-hydrogen) atoms. The van der Waals surface area contributed by atoms with Gasteiger partial charge in [0.05, 0.1) is 17.9 Å². The van der Waals surface area contributed by atoms with Crippen LogP contribution in [0, 0.1) is 5.92 Å². The van der Waals surface area contributed by atoms with Crippen molar-refractivity contribution in [3.63, 3.8) is 0 Å². The van der Waals surface area contributed by atoms with Gasteiger partial charge in [0.2, 0.25) is 11.8 Å². The van der Waals surface area contributed by atoms with E-state index in [2.05, 4.69) is 10.6 Å². The first-order valence-corrected chi connectivity index (χ1v) is 14.6. The predicted octanol–water partition coefficient (Wildman–Crippen LogP) is 5.21. The molecule has 1 aliphatic heterocycles. The van der Waals surface area contributed by atoms with Crippen molar-refractivity contribution >= 4 is 57.2 Å². The Hall–Kier alpha value is -5.31. The fraction of sp³-hybridized carbons (Fsp3) is 0.229. The summed E-state index contributed by atoms with van der Waals surface area (Å²) in [5, 5.41) is 7.58. The van der Waals surface area contributed by atoms with Gasteiger partial charge in [0.15, 0.2) is 5.78 Å². The molecule has 0 bridgehead atoms. The lowest BCUT2D eigenvalue weighted by Gasteiger charge is -2.26. The number of rotatable bonds is 8. The van der Waals surface area contributed by atoms with Crippen LogP contribution in [0.25, 0.3) is 10.8 Å². The number of para-hydroxylation sites is 2. The second kappa shape index (κ2) is 12.9. The number of anilines is 3. The van der Waals surface area contributed by atoms with Gasteiger partial charge in [0.1, 0.15) is 12.6 Å². The first-order chi connectivity index (χ1) is 21.2. The highest BCUT2D eigenvalue weighted by molar-refractivity contribution is 6.15. The Balaban J connectivity index is 1.51. The standard InChI is InChI=1S/C35H34N4O5/c1-4-22(2)33(42)37-29-20-38(34(43)26-18-16-24(17-19-26)23(3)40)30-14-7-8-15-31(30)39(35(29)44)21-32(41)36-28-13-9-11-25-10-5-6-12-27(25)28/h5-19,22,29H,4,20-21H2,1-3H3,(H,36,41)(H,37,42)/t22-,29+/m1/s1. The van der Waals surface area contributed by atoms with Crippen molar-refractivity contribution in [2.45, 2.75) is 33.2 Å². The largest absolute Gasteiger partial charge is 0.342 e. The minimum absolute atomic E-state index is 0.125. The van der Waals surface area contributed by atoms with Gasteiger partial charge in [-0.05, 0) is 49.1 Å². The third kappa shape index (κ3) is 6.22. The molecule has 1 heterocycles. The summed E-state index contributed by atoms with van der Waals surface area (Å²) in [6, 6.07) is 25.3. The predicted molar refractivity (Wildman–Crippen MR) is 171 cm³/mol. The van der Waals surface area contributed by atoms with Gasteiger partial charge in [-0.1, -0.05) is 74.5 Å². The highest BCUT2D eigenvalue weighted by atomic mass is 16.2. The highest BCUT2D eigenvalue weighted by Gasteiger charge is 2.38. The van der Waals surface area contributed by atoms with Crippen molar-refractivity contribution in [1.82, 2.24) is 5.32 Å². The van der Waals surface area contributed by atoms with E-state index in [1.807, 2.05) is 43.3 Å². The summed E-state index contributed by atoms with van der Waals surface area (Å²) in [5.41, 5.74) is 2.16. The van der Waals surface area contributed by atoms with Crippen molar-refractivity contribution in [3.05, 3.63) is 102 Å². The third-order valence-electron chi connectivity index (χ3n) is 7.92. The van der Waals surface area contributed by atoms with Crippen LogP contribution in [0.3, 0.4) is 0 Å². The summed E-state index contributed by atoms with van der Waals surface area (Å²) >= 11 is 0. The van der Waals surface area contributed by atoms with Gasteiger partial charge < -0.3 is 15.5 Å². The first-order valence-electron chi connectivity index (χ1n) is 14.6. The van der Waals surface area contributed by atoms with Gasteiger partial charge in [0, 0.05) is 28.1 Å². The van der Waals surface area contributed by atoms with Crippen molar-refractivity contribution in [1.29, 1.82) is 0 Å². The molecule has 0 saturated carbocycles. The average molecular weight is 591 g/mol. The molecule has 9 heteroatoms. The number of hydrogen-bond donors (Lipinski definition) is 2. The molecule has 224 valence electrons. The average Bonchev–Trinajstić information content (AvgIpc) is 3.15. The van der Waals surface area contributed by atoms with E-state index in [1.165, 1.54) is 16.7 Å². The fourth-order valence-electron chi connectivity index (χ4n) is 5.22. The summed E-state index contributed by atoms with van der Waals surface area (Å²) in [7, 11) is 0. The van der Waals surface area contributed by atoms with Crippen LogP contribution >= 0.6 is 0 Å². The van der Waals surface area contributed by atoms with E-state index < -0.39 is 23.8 Å². The summed E-state index contributed by atoms with van der Waals surface area (Å²) < 4.78 is 0. The number of benzene rings is 4. The Morgan fingerprint density at radius 1 is 0.841 bits per heavy atom. The zero-order valence-corrected chi connectivity index (χ0v) is 24.9. The highest BCUT2D eigenvalue weighted by Crippen LogP contribution is 2.34. The minimum Gasteiger partial charge on any atom is -0.342 e. The van der Waals surface area contributed by atoms with Crippen molar-refractivity contribution in [3.8, 4) is 0 Å². The number of hydrogen-bond acceptors (Lipinski definition) is 5. The molecule has 0 unspecified atom stereocenters. The first kappa shape index (κ1) is 30.2. The topological polar surface area (TPSA) is 116 Å². The maximum atomic E-state index is 14.1. The van der Waals surface area contributed by atoms with E-state index in [-0.39, 0.29) is 30.7 Å². The number of Topliss-reactive ketones (excluding diaryl/α,β-unsaturated/α-hetero) is 1. The SMILES string of the molecule is CC[C@@H](C)C(=O)N[C@H]1CN(C(=O)c2ccc(C(C)=O)cc2)c2ccccc2N(CC(=O)Nc2cccc3ccccc23)C1=O. The monoisotopic (exact) mass is 590 g/mol. The number of nitrogens with zero attached hydrogens (tertiary/aromatic N) is 2. The van der Waals surface area contributed by atoms with E-state index in [4.69, 9.17) is 0 Å². The number of carbonyl (C=O) groups excluding carboxylic acids is 5. The smallest absolute Gasteiger partial charge is 0.258 e. The maximum Gasteiger partial charge on any atom is 0.258 e. The molecule has 9 nitrogen and oxygen atoms in total. The Labute approximate surface area is 255 Å². The number of nitrogens with one attached hydrogen (secondary N) is 2. The van der Waals surface area contributed by atoms with Gasteiger partial charge in [-0.3, -0.25) is 28.9 Å². The minimum atomic E-state index is -1.12. The number of ketones is 1. The summed E-state index contributed by atoms with van der Waals surface area (Å²) in [4.78, 5) is 69.1. The van der Waals surface area contributed by atoms with Crippen LogP contribution in [0.1, 0.15) is 47.9 Å². The van der Waals surface area contributed by atoms with Crippen molar-refractivity contribution in [2.75, 3.05) is 28.2 Å². The van der Waals surface area contributed by atoms with Crippen LogP contribution in [0.2, 0.25) is 0 Å². The van der Waals surface area contributed by atoms with E-state index >= 15 is 0 Å². The molecule has 2 atom stereocenters. The molecule has 2 N–H and O–H groups in total. The van der Waals surface area contributed by atoms with Crippen LogP contribution < -0.4 is 20.4 Å². The van der Waals surface area contributed by atoms with E-state index in [0.29, 0.717) is 34.6 Å². The number of carbonyl (C=O) groups is 5. The zero-order chi connectivity index (χ0) is 31.4. The molecule has 0 aromatic heterocycles. The van der Waals surface area contributed by atoms with Crippen LogP contribution in [0.15, 0.2) is 91.0 Å². The Kier molecular flexibility index (Phi) is 8.85. The molecular formula is C35H34N4O5. The molecule has 0 fully saturated rings. The van der Waals surface area contributed by atoms with Gasteiger partial charge in [-0.25, -0.2) is 0 Å². The molecule has 4 amide bonds. The maximum absolute atomic E-state index is 14.1. The van der Waals surface area contributed by atoms with Crippen LogP contribution in [0.5, 0.6) is 0 Å². The third-order valence-corrected chi connectivity index (χ3v) is 7.92. The Morgan fingerprint density at radius 3 is 2.18 bits per heavy atom. The fourth-order valence-corrected chi connectivity index (χ4v) is 5.22. The molecule has 4 aromatic rings. The molecule has 4 aromatic carbocycles. The summed E-state index contributed by atoms with van der Waals surface area (Å²) in [6.45, 7) is 4.60. The Bertz CT molecular complexity index is 1740. The number of amides is 4. The van der Waals surface area contributed by atoms with Crippen LogP contribution in [-0.4, -0.2) is 48.5 Å². The summed E-state index contributed by atoms with van der Waals surface area (Å²) in [6.07, 6.45) is 0.565. The molecule has 0 spiro atoms. The van der Waals surface area contributed by atoms with E-state index in [9.17, 15) is 24.0 Å². The quantitative estimate of drug-likeness (QED) is 0.274. The lowest BCUT2D eigenvalue weighted by atomic mass is 10.1. The lowest BCUT2D eigenvalue weighted by Crippen LogP contribution is -2.54. The van der Waals surface area contributed by atoms with Gasteiger partial charge in [-0.15, -0.1) is 0 Å². The molecule has 1 aliphatic rings. The van der Waals surface area contributed by atoms with E-state index in [0.717, 1.165) is 10.8 Å². The molecular weight excluding hydrogens is 556 g/mol. The number of fused-ring (bicyclic) bond motifs is 2. The molecule has 0 aliphatic carbocycles. The Morgan fingerprint density at radius 2 is 1.48 bits per heavy atom. The van der Waals surface area contributed by atoms with Gasteiger partial charge in [0.25, 0.3) is 11.8 Å². The van der Waals surface area contributed by atoms with Gasteiger partial charge in [-0.2, -0.15) is 0 Å². The van der Waals surface area contributed by atoms with Crippen molar-refractivity contribution < 1.29 is 24.0 Å². The second-order valence-corrected chi connectivity index (χ2v) is 10.9. The second-order valence-electron chi connectivity index (χ2n) is 10.9.